The summed E-state index contributed by atoms with van der Waals surface area (Å²) in [5, 5.41) is 6.87. The minimum atomic E-state index is -0.0300. The molecule has 0 aliphatic carbocycles. The molecule has 7 aromatic carbocycles. The molecule has 6 nitrogen and oxygen atoms in total. The van der Waals surface area contributed by atoms with E-state index in [1.807, 2.05) is 30.3 Å². The Morgan fingerprint density at radius 2 is 0.982 bits per heavy atom. The zero-order chi connectivity index (χ0) is 36.8. The van der Waals surface area contributed by atoms with Crippen LogP contribution in [0, 0.1) is 0 Å². The maximum atomic E-state index is 6.36. The molecule has 0 unspecified atom stereocenters. The number of fused-ring (bicyclic) bond motifs is 9. The molecule has 0 aliphatic heterocycles. The molecule has 0 saturated heterocycles. The topological polar surface area (TPSA) is 61.7 Å². The third-order valence-corrected chi connectivity index (χ3v) is 10.9. The third kappa shape index (κ3) is 4.91. The Bertz CT molecular complexity index is 3310. The molecule has 262 valence electrons. The lowest BCUT2D eigenvalue weighted by atomic mass is 9.86. The smallest absolute Gasteiger partial charge is 0.238 e. The molecule has 0 spiro atoms. The van der Waals surface area contributed by atoms with E-state index in [4.69, 9.17) is 19.4 Å². The average molecular weight is 710 g/mol. The van der Waals surface area contributed by atoms with Crippen LogP contribution >= 0.6 is 0 Å². The van der Waals surface area contributed by atoms with E-state index < -0.39 is 0 Å². The van der Waals surface area contributed by atoms with Crippen molar-refractivity contribution in [2.75, 3.05) is 0 Å². The van der Waals surface area contributed by atoms with Gasteiger partial charge in [-0.15, -0.1) is 0 Å². The van der Waals surface area contributed by atoms with Crippen LogP contribution in [-0.4, -0.2) is 24.1 Å². The molecular weight excluding hydrogens is 675 g/mol. The molecule has 6 heteroatoms. The van der Waals surface area contributed by atoms with E-state index >= 15 is 0 Å². The maximum absolute atomic E-state index is 6.36. The molecular formula is C49H35N5O. The van der Waals surface area contributed by atoms with Crippen molar-refractivity contribution >= 4 is 65.6 Å². The molecule has 0 saturated carbocycles. The molecule has 0 aliphatic rings. The third-order valence-electron chi connectivity index (χ3n) is 10.9. The highest BCUT2D eigenvalue weighted by Gasteiger charge is 2.22. The van der Waals surface area contributed by atoms with Crippen LogP contribution in [-0.2, 0) is 5.41 Å². The summed E-state index contributed by atoms with van der Waals surface area (Å²) in [4.78, 5) is 15.7. The Labute approximate surface area is 317 Å². The standard InChI is InChI=1S/C49H35N5O/c1-49(2,3)32-22-25-37-35-16-8-11-19-41(35)54(43(37)28-32)48-51-46(30-13-5-4-6-14-30)50-47(52-48)31-21-24-36-34-15-7-10-18-40(34)53(42(36)27-31)33-23-26-39-38-17-9-12-20-44(38)55-45(39)29-33/h4-29H,1-3H3. The van der Waals surface area contributed by atoms with Crippen molar-refractivity contribution in [1.82, 2.24) is 24.1 Å². The first-order chi connectivity index (χ1) is 26.9. The molecule has 4 aromatic heterocycles. The van der Waals surface area contributed by atoms with Crippen molar-refractivity contribution in [2.24, 2.45) is 0 Å². The SMILES string of the molecule is CC(C)(C)c1ccc2c3ccccc3n(-c3nc(-c4ccccc4)nc(-c4ccc5c6ccccc6n(-c6ccc7c(c6)oc6ccccc67)c5c4)n3)c2c1. The molecule has 0 fully saturated rings. The fraction of sp³-hybridized carbons (Fsp3) is 0.0816. The Balaban J connectivity index is 1.17. The highest BCUT2D eigenvalue weighted by molar-refractivity contribution is 6.11. The van der Waals surface area contributed by atoms with Gasteiger partial charge in [-0.25, -0.2) is 4.98 Å². The van der Waals surface area contributed by atoms with Crippen molar-refractivity contribution in [3.63, 3.8) is 0 Å². The van der Waals surface area contributed by atoms with E-state index in [1.54, 1.807) is 0 Å². The maximum Gasteiger partial charge on any atom is 0.238 e. The molecule has 0 N–H and O–H groups in total. The van der Waals surface area contributed by atoms with Crippen molar-refractivity contribution in [3.8, 4) is 34.4 Å². The summed E-state index contributed by atoms with van der Waals surface area (Å²) in [5.41, 5.74) is 10.1. The molecule has 0 amide bonds. The average Bonchev–Trinajstić information content (AvgIpc) is 3.87. The zero-order valence-corrected chi connectivity index (χ0v) is 30.7. The van der Waals surface area contributed by atoms with Gasteiger partial charge < -0.3 is 8.98 Å². The van der Waals surface area contributed by atoms with Gasteiger partial charge in [0.2, 0.25) is 5.95 Å². The predicted molar refractivity (Wildman–Crippen MR) is 225 cm³/mol. The summed E-state index contributed by atoms with van der Waals surface area (Å²) in [6, 6.07) is 55.3. The molecule has 0 bridgehead atoms. The molecule has 11 rings (SSSR count). The zero-order valence-electron chi connectivity index (χ0n) is 30.7. The Morgan fingerprint density at radius 3 is 1.73 bits per heavy atom. The summed E-state index contributed by atoms with van der Waals surface area (Å²) < 4.78 is 10.9. The van der Waals surface area contributed by atoms with Gasteiger partial charge in [0.05, 0.1) is 22.1 Å². The fourth-order valence-corrected chi connectivity index (χ4v) is 8.20. The number of aromatic nitrogens is 5. The van der Waals surface area contributed by atoms with E-state index in [0.29, 0.717) is 17.6 Å². The molecule has 0 atom stereocenters. The van der Waals surface area contributed by atoms with Gasteiger partial charge in [0.15, 0.2) is 11.6 Å². The van der Waals surface area contributed by atoms with Crippen molar-refractivity contribution in [2.45, 2.75) is 26.2 Å². The van der Waals surface area contributed by atoms with E-state index in [-0.39, 0.29) is 5.41 Å². The summed E-state index contributed by atoms with van der Waals surface area (Å²) in [6.07, 6.45) is 0. The van der Waals surface area contributed by atoms with E-state index in [2.05, 4.69) is 157 Å². The van der Waals surface area contributed by atoms with Crippen LogP contribution in [0.25, 0.3) is 100.0 Å². The van der Waals surface area contributed by atoms with Gasteiger partial charge in [0.1, 0.15) is 11.2 Å². The molecule has 55 heavy (non-hydrogen) atoms. The van der Waals surface area contributed by atoms with Crippen molar-refractivity contribution in [3.05, 3.63) is 163 Å². The monoisotopic (exact) mass is 709 g/mol. The lowest BCUT2D eigenvalue weighted by Gasteiger charge is -2.19. The minimum Gasteiger partial charge on any atom is -0.456 e. The molecule has 0 radical (unpaired) electrons. The highest BCUT2D eigenvalue weighted by atomic mass is 16.3. The summed E-state index contributed by atoms with van der Waals surface area (Å²) in [5.74, 6) is 1.81. The highest BCUT2D eigenvalue weighted by Crippen LogP contribution is 2.38. The van der Waals surface area contributed by atoms with Gasteiger partial charge in [0, 0.05) is 55.2 Å². The lowest BCUT2D eigenvalue weighted by molar-refractivity contribution is 0.591. The van der Waals surface area contributed by atoms with E-state index in [0.717, 1.165) is 71.6 Å². The number of furan rings is 1. The fourth-order valence-electron chi connectivity index (χ4n) is 8.20. The lowest BCUT2D eigenvalue weighted by Crippen LogP contribution is -2.11. The van der Waals surface area contributed by atoms with Crippen LogP contribution in [0.1, 0.15) is 26.3 Å². The van der Waals surface area contributed by atoms with Crippen LogP contribution < -0.4 is 0 Å². The van der Waals surface area contributed by atoms with Gasteiger partial charge in [0.25, 0.3) is 0 Å². The largest absolute Gasteiger partial charge is 0.456 e. The predicted octanol–water partition coefficient (Wildman–Crippen LogP) is 12.6. The van der Waals surface area contributed by atoms with Gasteiger partial charge in [-0.05, 0) is 53.4 Å². The van der Waals surface area contributed by atoms with Gasteiger partial charge in [-0.2, -0.15) is 9.97 Å². The van der Waals surface area contributed by atoms with E-state index in [9.17, 15) is 0 Å². The number of nitrogens with zero attached hydrogens (tertiary/aromatic N) is 5. The first kappa shape index (κ1) is 31.5. The van der Waals surface area contributed by atoms with Crippen molar-refractivity contribution < 1.29 is 4.42 Å². The van der Waals surface area contributed by atoms with Crippen LogP contribution in [0.3, 0.4) is 0 Å². The van der Waals surface area contributed by atoms with Crippen LogP contribution in [0.4, 0.5) is 0 Å². The number of hydrogen-bond acceptors (Lipinski definition) is 4. The normalized spacial score (nSPS) is 12.3. The van der Waals surface area contributed by atoms with E-state index in [1.165, 1.54) is 16.3 Å². The van der Waals surface area contributed by atoms with Crippen LogP contribution in [0.2, 0.25) is 0 Å². The summed E-state index contributed by atoms with van der Waals surface area (Å²) >= 11 is 0. The van der Waals surface area contributed by atoms with Gasteiger partial charge in [-0.1, -0.05) is 130 Å². The first-order valence-electron chi connectivity index (χ1n) is 18.7. The summed E-state index contributed by atoms with van der Waals surface area (Å²) in [7, 11) is 0. The summed E-state index contributed by atoms with van der Waals surface area (Å²) in [6.45, 7) is 6.75. The first-order valence-corrected chi connectivity index (χ1v) is 18.7. The second-order valence-electron chi connectivity index (χ2n) is 15.3. The Morgan fingerprint density at radius 1 is 0.418 bits per heavy atom. The number of benzene rings is 7. The number of rotatable bonds is 4. The second kappa shape index (κ2) is 11.7. The molecule has 4 heterocycles. The van der Waals surface area contributed by atoms with Crippen molar-refractivity contribution in [1.29, 1.82) is 0 Å². The quantitative estimate of drug-likeness (QED) is 0.182. The second-order valence-corrected chi connectivity index (χ2v) is 15.3. The van der Waals surface area contributed by atoms with Crippen LogP contribution in [0.5, 0.6) is 0 Å². The van der Waals surface area contributed by atoms with Gasteiger partial charge >= 0.3 is 0 Å². The minimum absolute atomic E-state index is 0.0300. The van der Waals surface area contributed by atoms with Gasteiger partial charge in [-0.3, -0.25) is 4.57 Å². The Kier molecular flexibility index (Phi) is 6.71. The van der Waals surface area contributed by atoms with Crippen LogP contribution in [0.15, 0.2) is 162 Å². The Hall–Kier alpha value is -7.05. The number of hydrogen-bond donors (Lipinski definition) is 0. The molecule has 11 aromatic rings. The number of para-hydroxylation sites is 3.